The summed E-state index contributed by atoms with van der Waals surface area (Å²) < 4.78 is 13.6. The van der Waals surface area contributed by atoms with Crippen molar-refractivity contribution in [2.45, 2.75) is 24.8 Å². The van der Waals surface area contributed by atoms with Crippen LogP contribution in [-0.4, -0.2) is 11.0 Å². The molecule has 0 radical (unpaired) electrons. The van der Waals surface area contributed by atoms with Gasteiger partial charge < -0.3 is 5.32 Å². The van der Waals surface area contributed by atoms with E-state index in [2.05, 4.69) is 10.3 Å². The number of hydrogen-bond donors (Lipinski definition) is 1. The topological polar surface area (TPSA) is 24.9 Å². The highest BCUT2D eigenvalue weighted by atomic mass is 35.5. The van der Waals surface area contributed by atoms with Gasteiger partial charge in [0.2, 0.25) is 0 Å². The Kier molecular flexibility index (Phi) is 3.38. The van der Waals surface area contributed by atoms with Crippen LogP contribution >= 0.6 is 11.6 Å². The van der Waals surface area contributed by atoms with E-state index in [0.29, 0.717) is 17.1 Å². The van der Waals surface area contributed by atoms with Crippen molar-refractivity contribution in [1.82, 2.24) is 4.98 Å². The molecule has 0 spiro atoms. The summed E-state index contributed by atoms with van der Waals surface area (Å²) in [4.78, 5) is 3.94. The summed E-state index contributed by atoms with van der Waals surface area (Å²) in [6.07, 6.45) is 3.57. The Morgan fingerprint density at radius 3 is 2.74 bits per heavy atom. The second kappa shape index (κ2) is 5.17. The van der Waals surface area contributed by atoms with E-state index >= 15 is 0 Å². The molecule has 0 bridgehead atoms. The summed E-state index contributed by atoms with van der Waals surface area (Å²) >= 11 is 5.83. The lowest BCUT2D eigenvalue weighted by molar-refractivity contribution is 0.363. The van der Waals surface area contributed by atoms with Gasteiger partial charge in [0.25, 0.3) is 0 Å². The number of halogens is 2. The zero-order valence-corrected chi connectivity index (χ0v) is 11.1. The molecule has 98 valence electrons. The predicted molar refractivity (Wildman–Crippen MR) is 75.0 cm³/mol. The van der Waals surface area contributed by atoms with Crippen molar-refractivity contribution in [2.24, 2.45) is 0 Å². The molecule has 1 aromatic carbocycles. The van der Waals surface area contributed by atoms with Crippen LogP contribution in [0.4, 0.5) is 10.1 Å². The first-order valence-corrected chi connectivity index (χ1v) is 6.72. The summed E-state index contributed by atoms with van der Waals surface area (Å²) in [5, 5.41) is 3.87. The molecule has 0 aliphatic heterocycles. The van der Waals surface area contributed by atoms with Crippen molar-refractivity contribution >= 4 is 17.3 Å². The Balaban J connectivity index is 1.60. The lowest BCUT2D eigenvalue weighted by Crippen LogP contribution is -2.34. The van der Waals surface area contributed by atoms with Crippen LogP contribution < -0.4 is 5.32 Å². The molecule has 1 aliphatic carbocycles. The summed E-state index contributed by atoms with van der Waals surface area (Å²) in [6, 6.07) is 11.1. The molecule has 1 aromatic heterocycles. The van der Waals surface area contributed by atoms with Crippen molar-refractivity contribution in [3.63, 3.8) is 0 Å². The Morgan fingerprint density at radius 2 is 2.00 bits per heavy atom. The molecule has 1 fully saturated rings. The molecule has 0 amide bonds. The molecule has 4 heteroatoms. The van der Waals surface area contributed by atoms with E-state index in [0.717, 1.165) is 24.1 Å². The van der Waals surface area contributed by atoms with E-state index in [1.54, 1.807) is 18.3 Å². The average molecular weight is 277 g/mol. The maximum Gasteiger partial charge on any atom is 0.131 e. The van der Waals surface area contributed by atoms with Crippen molar-refractivity contribution in [2.75, 3.05) is 5.32 Å². The molecular formula is C15H14ClFN2. The fourth-order valence-electron chi connectivity index (χ4n) is 2.52. The molecule has 1 heterocycles. The predicted octanol–water partition coefficient (Wildman–Crippen LogP) is 4.23. The van der Waals surface area contributed by atoms with Crippen LogP contribution in [0.25, 0.3) is 0 Å². The number of nitrogens with zero attached hydrogens (tertiary/aromatic N) is 1. The van der Waals surface area contributed by atoms with Crippen LogP contribution in [0.2, 0.25) is 5.15 Å². The molecular weight excluding hydrogens is 263 g/mol. The monoisotopic (exact) mass is 276 g/mol. The molecule has 1 saturated carbocycles. The second-order valence-electron chi connectivity index (χ2n) is 4.90. The number of rotatable bonds is 3. The molecule has 1 aliphatic rings. The first kappa shape index (κ1) is 12.4. The van der Waals surface area contributed by atoms with Crippen LogP contribution in [0, 0.1) is 5.82 Å². The summed E-state index contributed by atoms with van der Waals surface area (Å²) in [7, 11) is 0. The number of nitrogens with one attached hydrogen (secondary N) is 1. The molecule has 0 unspecified atom stereocenters. The third-order valence-electron chi connectivity index (χ3n) is 3.58. The van der Waals surface area contributed by atoms with Gasteiger partial charge in [-0.15, -0.1) is 0 Å². The minimum absolute atomic E-state index is 0.0992. The Hall–Kier alpha value is -1.61. The van der Waals surface area contributed by atoms with E-state index in [4.69, 9.17) is 11.6 Å². The number of benzene rings is 1. The van der Waals surface area contributed by atoms with Gasteiger partial charge in [-0.2, -0.15) is 0 Å². The first-order valence-electron chi connectivity index (χ1n) is 6.35. The SMILES string of the molecule is Fc1ccccc1C1CC(Nc2ccnc(Cl)c2)C1. The number of pyridine rings is 1. The highest BCUT2D eigenvalue weighted by Crippen LogP contribution is 2.39. The van der Waals surface area contributed by atoms with Crippen molar-refractivity contribution < 1.29 is 4.39 Å². The van der Waals surface area contributed by atoms with Crippen LogP contribution in [0.15, 0.2) is 42.6 Å². The molecule has 1 N–H and O–H groups in total. The van der Waals surface area contributed by atoms with Gasteiger partial charge in [0.15, 0.2) is 0 Å². The van der Waals surface area contributed by atoms with E-state index in [-0.39, 0.29) is 5.82 Å². The zero-order chi connectivity index (χ0) is 13.2. The maximum atomic E-state index is 13.6. The normalized spacial score (nSPS) is 21.8. The fraction of sp³-hybridized carbons (Fsp3) is 0.267. The van der Waals surface area contributed by atoms with E-state index < -0.39 is 0 Å². The van der Waals surface area contributed by atoms with Gasteiger partial charge >= 0.3 is 0 Å². The van der Waals surface area contributed by atoms with E-state index in [1.165, 1.54) is 6.07 Å². The summed E-state index contributed by atoms with van der Waals surface area (Å²) in [5.74, 6) is 0.217. The number of anilines is 1. The van der Waals surface area contributed by atoms with Gasteiger partial charge in [-0.3, -0.25) is 0 Å². The number of aromatic nitrogens is 1. The van der Waals surface area contributed by atoms with Gasteiger partial charge in [0.05, 0.1) is 0 Å². The van der Waals surface area contributed by atoms with Crippen LogP contribution in [0.3, 0.4) is 0 Å². The fourth-order valence-corrected chi connectivity index (χ4v) is 2.70. The smallest absolute Gasteiger partial charge is 0.131 e. The van der Waals surface area contributed by atoms with Crippen molar-refractivity contribution in [1.29, 1.82) is 0 Å². The van der Waals surface area contributed by atoms with Gasteiger partial charge in [-0.1, -0.05) is 29.8 Å². The maximum absolute atomic E-state index is 13.6. The molecule has 19 heavy (non-hydrogen) atoms. The number of hydrogen-bond acceptors (Lipinski definition) is 2. The highest BCUT2D eigenvalue weighted by Gasteiger charge is 2.31. The Bertz CT molecular complexity index is 582. The molecule has 0 atom stereocenters. The average Bonchev–Trinajstić information content (AvgIpc) is 2.35. The van der Waals surface area contributed by atoms with Crippen LogP contribution in [-0.2, 0) is 0 Å². The van der Waals surface area contributed by atoms with Crippen LogP contribution in [0.5, 0.6) is 0 Å². The zero-order valence-electron chi connectivity index (χ0n) is 10.3. The largest absolute Gasteiger partial charge is 0.382 e. The first-order chi connectivity index (χ1) is 9.22. The van der Waals surface area contributed by atoms with Crippen molar-refractivity contribution in [3.8, 4) is 0 Å². The third kappa shape index (κ3) is 2.71. The van der Waals surface area contributed by atoms with Crippen LogP contribution in [0.1, 0.15) is 24.3 Å². The van der Waals surface area contributed by atoms with Gasteiger partial charge in [0, 0.05) is 17.9 Å². The lowest BCUT2D eigenvalue weighted by Gasteiger charge is -2.37. The summed E-state index contributed by atoms with van der Waals surface area (Å²) in [6.45, 7) is 0. The highest BCUT2D eigenvalue weighted by molar-refractivity contribution is 6.29. The Morgan fingerprint density at radius 1 is 1.21 bits per heavy atom. The molecule has 2 aromatic rings. The van der Waals surface area contributed by atoms with E-state index in [9.17, 15) is 4.39 Å². The third-order valence-corrected chi connectivity index (χ3v) is 3.79. The second-order valence-corrected chi connectivity index (χ2v) is 5.29. The minimum atomic E-state index is -0.0992. The quantitative estimate of drug-likeness (QED) is 0.849. The molecule has 0 saturated heterocycles. The summed E-state index contributed by atoms with van der Waals surface area (Å²) in [5.41, 5.74) is 1.80. The van der Waals surface area contributed by atoms with Crippen molar-refractivity contribution in [3.05, 3.63) is 59.1 Å². The minimum Gasteiger partial charge on any atom is -0.382 e. The molecule has 2 nitrogen and oxygen atoms in total. The standard InChI is InChI=1S/C15H14ClFN2/c16-15-9-11(5-6-18-15)19-12-7-10(8-12)13-3-1-2-4-14(13)17/h1-6,9-10,12H,7-8H2,(H,18,19). The van der Waals surface area contributed by atoms with Gasteiger partial charge in [-0.25, -0.2) is 9.37 Å². The Labute approximate surface area is 116 Å². The van der Waals surface area contributed by atoms with E-state index in [1.807, 2.05) is 18.2 Å². The van der Waals surface area contributed by atoms with Gasteiger partial charge in [0.1, 0.15) is 11.0 Å². The molecule has 3 rings (SSSR count). The lowest BCUT2D eigenvalue weighted by atomic mass is 9.75. The van der Waals surface area contributed by atoms with Gasteiger partial charge in [-0.05, 0) is 42.5 Å².